The van der Waals surface area contributed by atoms with Crippen molar-refractivity contribution >= 4 is 11.7 Å². The zero-order valence-electron chi connectivity index (χ0n) is 16.2. The highest BCUT2D eigenvalue weighted by atomic mass is 16.5. The summed E-state index contributed by atoms with van der Waals surface area (Å²) in [6.07, 6.45) is 0. The molecule has 4 rings (SSSR count). The van der Waals surface area contributed by atoms with E-state index in [-0.39, 0.29) is 5.91 Å². The maximum absolute atomic E-state index is 12.7. The van der Waals surface area contributed by atoms with E-state index >= 15 is 0 Å². The lowest BCUT2D eigenvalue weighted by atomic mass is 10.2. The molecule has 6 nitrogen and oxygen atoms in total. The number of hydrogen-bond acceptors (Lipinski definition) is 4. The summed E-state index contributed by atoms with van der Waals surface area (Å²) in [5, 5.41) is 7.54. The first-order valence-electron chi connectivity index (χ1n) is 9.45. The molecule has 0 saturated carbocycles. The third-order valence-corrected chi connectivity index (χ3v) is 4.78. The van der Waals surface area contributed by atoms with Crippen LogP contribution in [0, 0.1) is 13.8 Å². The minimum Gasteiger partial charge on any atom is -0.492 e. The van der Waals surface area contributed by atoms with Gasteiger partial charge in [0.1, 0.15) is 18.2 Å². The Hall–Kier alpha value is -3.12. The molecule has 0 bridgehead atoms. The summed E-state index contributed by atoms with van der Waals surface area (Å²) in [5.74, 6) is 1.52. The van der Waals surface area contributed by atoms with Crippen molar-refractivity contribution in [3.05, 3.63) is 71.4 Å². The quantitative estimate of drug-likeness (QED) is 0.759. The zero-order chi connectivity index (χ0) is 19.5. The van der Waals surface area contributed by atoms with E-state index in [4.69, 9.17) is 4.74 Å². The third kappa shape index (κ3) is 4.07. The molecular weight excluding hydrogens is 352 g/mol. The van der Waals surface area contributed by atoms with Gasteiger partial charge in [0.15, 0.2) is 0 Å². The molecule has 1 aromatic heterocycles. The van der Waals surface area contributed by atoms with Crippen LogP contribution >= 0.6 is 0 Å². The lowest BCUT2D eigenvalue weighted by Gasteiger charge is -2.19. The summed E-state index contributed by atoms with van der Waals surface area (Å²) < 4.78 is 7.55. The van der Waals surface area contributed by atoms with Crippen LogP contribution in [0.15, 0.2) is 54.6 Å². The van der Waals surface area contributed by atoms with Gasteiger partial charge in [-0.2, -0.15) is 5.10 Å². The first kappa shape index (κ1) is 18.3. The van der Waals surface area contributed by atoms with Gasteiger partial charge in [-0.15, -0.1) is 0 Å². The molecule has 2 heterocycles. The summed E-state index contributed by atoms with van der Waals surface area (Å²) >= 11 is 0. The van der Waals surface area contributed by atoms with Gasteiger partial charge in [0.25, 0.3) is 0 Å². The minimum absolute atomic E-state index is 0.0624. The van der Waals surface area contributed by atoms with Gasteiger partial charge >= 0.3 is 0 Å². The first-order valence-corrected chi connectivity index (χ1v) is 9.45. The van der Waals surface area contributed by atoms with Crippen molar-refractivity contribution in [3.63, 3.8) is 0 Å². The molecule has 0 unspecified atom stereocenters. The summed E-state index contributed by atoms with van der Waals surface area (Å²) in [4.78, 5) is 14.8. The number of carbonyl (C=O) groups is 1. The fourth-order valence-electron chi connectivity index (χ4n) is 3.37. The van der Waals surface area contributed by atoms with E-state index < -0.39 is 0 Å². The van der Waals surface area contributed by atoms with Crippen LogP contribution in [0.5, 0.6) is 5.75 Å². The normalized spacial score (nSPS) is 14.1. The van der Waals surface area contributed by atoms with Crippen LogP contribution in [-0.4, -0.2) is 40.3 Å². The number of ether oxygens (including phenoxy) is 1. The monoisotopic (exact) mass is 376 g/mol. The van der Waals surface area contributed by atoms with Crippen LogP contribution in [0.2, 0.25) is 0 Å². The molecule has 1 N–H and O–H groups in total. The van der Waals surface area contributed by atoms with E-state index in [1.54, 1.807) is 4.68 Å². The van der Waals surface area contributed by atoms with Crippen molar-refractivity contribution in [3.8, 4) is 11.4 Å². The number of amides is 1. The maximum atomic E-state index is 12.7. The summed E-state index contributed by atoms with van der Waals surface area (Å²) in [5.41, 5.74) is 4.06. The largest absolute Gasteiger partial charge is 0.492 e. The average Bonchev–Trinajstić information content (AvgIpc) is 2.91. The Labute approximate surface area is 164 Å². The van der Waals surface area contributed by atoms with Crippen molar-refractivity contribution in [1.82, 2.24) is 14.7 Å². The molecule has 144 valence electrons. The fourth-order valence-corrected chi connectivity index (χ4v) is 3.37. The maximum Gasteiger partial charge on any atom is 0.239 e. The summed E-state index contributed by atoms with van der Waals surface area (Å²) in [6, 6.07) is 17.9. The smallest absolute Gasteiger partial charge is 0.239 e. The van der Waals surface area contributed by atoms with Gasteiger partial charge in [0.2, 0.25) is 5.91 Å². The van der Waals surface area contributed by atoms with Gasteiger partial charge in [-0.3, -0.25) is 9.69 Å². The Morgan fingerprint density at radius 1 is 1.14 bits per heavy atom. The molecule has 0 saturated heterocycles. The van der Waals surface area contributed by atoms with E-state index in [0.29, 0.717) is 32.1 Å². The van der Waals surface area contributed by atoms with Gasteiger partial charge in [-0.25, -0.2) is 4.68 Å². The van der Waals surface area contributed by atoms with E-state index in [1.807, 2.05) is 68.4 Å². The van der Waals surface area contributed by atoms with Gasteiger partial charge < -0.3 is 10.1 Å². The Morgan fingerprint density at radius 2 is 1.93 bits per heavy atom. The molecule has 1 aliphatic heterocycles. The lowest BCUT2D eigenvalue weighted by Crippen LogP contribution is -2.34. The molecule has 0 fully saturated rings. The minimum atomic E-state index is -0.0624. The molecule has 28 heavy (non-hydrogen) atoms. The third-order valence-electron chi connectivity index (χ3n) is 4.78. The number of rotatable bonds is 4. The van der Waals surface area contributed by atoms with Crippen LogP contribution in [-0.2, 0) is 11.3 Å². The van der Waals surface area contributed by atoms with Crippen molar-refractivity contribution < 1.29 is 9.53 Å². The van der Waals surface area contributed by atoms with E-state index in [2.05, 4.69) is 15.3 Å². The second kappa shape index (κ2) is 7.86. The first-order chi connectivity index (χ1) is 13.6. The molecule has 2 aromatic carbocycles. The predicted octanol–water partition coefficient (Wildman–Crippen LogP) is 3.32. The number of hydrogen-bond donors (Lipinski definition) is 1. The summed E-state index contributed by atoms with van der Waals surface area (Å²) in [6.45, 7) is 6.24. The van der Waals surface area contributed by atoms with Crippen molar-refractivity contribution in [2.45, 2.75) is 20.4 Å². The molecule has 3 aromatic rings. The number of para-hydroxylation sites is 1. The number of carbonyl (C=O) groups excluding carboxylic acids is 1. The molecule has 6 heteroatoms. The Morgan fingerprint density at radius 3 is 2.75 bits per heavy atom. The number of benzene rings is 2. The highest BCUT2D eigenvalue weighted by Crippen LogP contribution is 2.22. The van der Waals surface area contributed by atoms with Gasteiger partial charge in [-0.05, 0) is 32.0 Å². The van der Waals surface area contributed by atoms with Gasteiger partial charge in [0.05, 0.1) is 17.9 Å². The number of aromatic nitrogens is 2. The van der Waals surface area contributed by atoms with Gasteiger partial charge in [0, 0.05) is 24.7 Å². The molecule has 0 radical (unpaired) electrons. The summed E-state index contributed by atoms with van der Waals surface area (Å²) in [7, 11) is 0. The molecule has 0 aliphatic carbocycles. The average molecular weight is 376 g/mol. The van der Waals surface area contributed by atoms with Crippen molar-refractivity contribution in [2.75, 3.05) is 25.0 Å². The van der Waals surface area contributed by atoms with Crippen molar-refractivity contribution in [1.29, 1.82) is 0 Å². The predicted molar refractivity (Wildman–Crippen MR) is 109 cm³/mol. The van der Waals surface area contributed by atoms with E-state index in [9.17, 15) is 4.79 Å². The number of nitrogens with one attached hydrogen (secondary N) is 1. The molecule has 0 spiro atoms. The Balaban J connectivity index is 1.46. The number of nitrogens with zero attached hydrogens (tertiary/aromatic N) is 3. The Bertz CT molecular complexity index is 978. The molecule has 0 atom stereocenters. The lowest BCUT2D eigenvalue weighted by molar-refractivity contribution is -0.117. The van der Waals surface area contributed by atoms with E-state index in [0.717, 1.165) is 22.7 Å². The zero-order valence-corrected chi connectivity index (χ0v) is 16.2. The second-order valence-corrected chi connectivity index (χ2v) is 7.13. The molecular formula is C22H24N4O2. The van der Waals surface area contributed by atoms with Crippen LogP contribution in [0.25, 0.3) is 5.69 Å². The van der Waals surface area contributed by atoms with Crippen LogP contribution in [0.4, 0.5) is 5.82 Å². The molecule has 1 aliphatic rings. The highest BCUT2D eigenvalue weighted by molar-refractivity contribution is 5.91. The number of aryl methyl sites for hydroxylation is 2. The SMILES string of the molecule is Cc1ccc(-n2nc(C)cc2NC(=O)CN2CCOc3ccccc3C2)cc1. The van der Waals surface area contributed by atoms with Crippen LogP contribution in [0.1, 0.15) is 16.8 Å². The topological polar surface area (TPSA) is 59.4 Å². The van der Waals surface area contributed by atoms with Crippen LogP contribution < -0.4 is 10.1 Å². The number of anilines is 1. The standard InChI is InChI=1S/C22H24N4O2/c1-16-7-9-19(10-8-16)26-21(13-17(2)24-26)23-22(27)15-25-11-12-28-20-6-4-3-5-18(20)14-25/h3-10,13H,11-12,14-15H2,1-2H3,(H,23,27). The van der Waals surface area contributed by atoms with Crippen LogP contribution in [0.3, 0.4) is 0 Å². The van der Waals surface area contributed by atoms with Gasteiger partial charge in [-0.1, -0.05) is 35.9 Å². The second-order valence-electron chi connectivity index (χ2n) is 7.13. The Kier molecular flexibility index (Phi) is 5.12. The van der Waals surface area contributed by atoms with E-state index in [1.165, 1.54) is 5.56 Å². The number of fused-ring (bicyclic) bond motifs is 1. The van der Waals surface area contributed by atoms with Crippen molar-refractivity contribution in [2.24, 2.45) is 0 Å². The fraction of sp³-hybridized carbons (Fsp3) is 0.273. The highest BCUT2D eigenvalue weighted by Gasteiger charge is 2.18. The molecule has 1 amide bonds.